The zero-order valence-corrected chi connectivity index (χ0v) is 19.5. The maximum absolute atomic E-state index is 12.4. The van der Waals surface area contributed by atoms with Gasteiger partial charge in [-0.1, -0.05) is 24.3 Å². The van der Waals surface area contributed by atoms with Gasteiger partial charge >= 0.3 is 0 Å². The smallest absolute Gasteiger partial charge is 0.161 e. The molecular formula is C24H29N3O4S. The summed E-state index contributed by atoms with van der Waals surface area (Å²) in [5.74, 6) is 2.22. The number of hydrogen-bond donors (Lipinski definition) is 1. The molecular weight excluding hydrogens is 426 g/mol. The van der Waals surface area contributed by atoms with Gasteiger partial charge in [-0.25, -0.2) is 13.4 Å². The van der Waals surface area contributed by atoms with Gasteiger partial charge in [0.2, 0.25) is 0 Å². The largest absolute Gasteiger partial charge is 0.493 e. The van der Waals surface area contributed by atoms with Crippen LogP contribution in [0, 0.1) is 0 Å². The Morgan fingerprint density at radius 1 is 1.19 bits per heavy atom. The van der Waals surface area contributed by atoms with E-state index in [4.69, 9.17) is 9.47 Å². The van der Waals surface area contributed by atoms with Crippen molar-refractivity contribution in [2.75, 3.05) is 25.7 Å². The van der Waals surface area contributed by atoms with Crippen molar-refractivity contribution in [2.45, 2.75) is 32.5 Å². The molecule has 0 bridgehead atoms. The van der Waals surface area contributed by atoms with E-state index in [1.807, 2.05) is 31.3 Å². The highest BCUT2D eigenvalue weighted by Crippen LogP contribution is 2.37. The van der Waals surface area contributed by atoms with E-state index in [1.165, 1.54) is 22.9 Å². The van der Waals surface area contributed by atoms with E-state index in [0.29, 0.717) is 31.2 Å². The Hall–Kier alpha value is -2.84. The second-order valence-corrected chi connectivity index (χ2v) is 10.3. The van der Waals surface area contributed by atoms with Crippen LogP contribution >= 0.6 is 0 Å². The molecule has 2 heterocycles. The van der Waals surface area contributed by atoms with Gasteiger partial charge < -0.3 is 14.5 Å². The van der Waals surface area contributed by atoms with Crippen LogP contribution in [0.4, 0.5) is 0 Å². The van der Waals surface area contributed by atoms with Gasteiger partial charge in [-0.2, -0.15) is 0 Å². The molecule has 1 N–H and O–H groups in total. The highest BCUT2D eigenvalue weighted by Gasteiger charge is 2.31. The average molecular weight is 456 g/mol. The Morgan fingerprint density at radius 2 is 2.03 bits per heavy atom. The standard InChI is InChI=1S/C24H29N3O4S/c1-4-31-23-12-18(8-9-22(23)30-2)21(16-32(3,28)29)27-14-19-7-5-6-17(20(19)15-27)13-24-25-10-11-26-24/h5-12,21H,4,13-16H2,1-3H3,(H,25,26). The van der Waals surface area contributed by atoms with E-state index in [9.17, 15) is 8.42 Å². The van der Waals surface area contributed by atoms with Crippen LogP contribution in [-0.2, 0) is 29.3 Å². The predicted octanol–water partition coefficient (Wildman–Crippen LogP) is 3.51. The lowest BCUT2D eigenvalue weighted by molar-refractivity contribution is 0.215. The summed E-state index contributed by atoms with van der Waals surface area (Å²) >= 11 is 0. The normalized spacial score (nSPS) is 14.8. The minimum atomic E-state index is -3.22. The molecule has 7 nitrogen and oxygen atoms in total. The molecule has 0 fully saturated rings. The number of sulfone groups is 1. The first-order valence-corrected chi connectivity index (χ1v) is 12.7. The molecule has 0 saturated heterocycles. The number of aromatic amines is 1. The number of nitrogens with one attached hydrogen (secondary N) is 1. The van der Waals surface area contributed by atoms with Gasteiger partial charge in [-0.3, -0.25) is 4.90 Å². The zero-order valence-electron chi connectivity index (χ0n) is 18.7. The number of imidazole rings is 1. The van der Waals surface area contributed by atoms with E-state index in [-0.39, 0.29) is 11.8 Å². The van der Waals surface area contributed by atoms with Gasteiger partial charge in [0, 0.05) is 44.2 Å². The van der Waals surface area contributed by atoms with E-state index in [2.05, 4.69) is 33.1 Å². The van der Waals surface area contributed by atoms with Gasteiger partial charge in [0.1, 0.15) is 15.7 Å². The van der Waals surface area contributed by atoms with Gasteiger partial charge in [0.25, 0.3) is 0 Å². The van der Waals surface area contributed by atoms with Crippen molar-refractivity contribution >= 4 is 9.84 Å². The molecule has 4 rings (SSSR count). The van der Waals surface area contributed by atoms with E-state index < -0.39 is 9.84 Å². The van der Waals surface area contributed by atoms with E-state index >= 15 is 0 Å². The third-order valence-corrected chi connectivity index (χ3v) is 6.71. The maximum atomic E-state index is 12.4. The molecule has 1 aromatic heterocycles. The Morgan fingerprint density at radius 3 is 2.72 bits per heavy atom. The molecule has 8 heteroatoms. The first kappa shape index (κ1) is 22.4. The zero-order chi connectivity index (χ0) is 22.7. The number of aromatic nitrogens is 2. The molecule has 0 amide bonds. The van der Waals surface area contributed by atoms with Crippen LogP contribution in [-0.4, -0.2) is 49.0 Å². The molecule has 1 unspecified atom stereocenters. The lowest BCUT2D eigenvalue weighted by atomic mass is 10.0. The third kappa shape index (κ3) is 4.97. The molecule has 32 heavy (non-hydrogen) atoms. The molecule has 0 radical (unpaired) electrons. The number of H-pyrrole nitrogens is 1. The van der Waals surface area contributed by atoms with Crippen LogP contribution in [0.5, 0.6) is 11.5 Å². The minimum absolute atomic E-state index is 0.0341. The van der Waals surface area contributed by atoms with Crippen LogP contribution < -0.4 is 9.47 Å². The lowest BCUT2D eigenvalue weighted by Gasteiger charge is -2.28. The molecule has 0 spiro atoms. The quantitative estimate of drug-likeness (QED) is 0.532. The van der Waals surface area contributed by atoms with Crippen molar-refractivity contribution in [3.63, 3.8) is 0 Å². The topological polar surface area (TPSA) is 84.5 Å². The Kier molecular flexibility index (Phi) is 6.53. The van der Waals surface area contributed by atoms with Crippen molar-refractivity contribution in [1.82, 2.24) is 14.9 Å². The average Bonchev–Trinajstić information content (AvgIpc) is 3.42. The summed E-state index contributed by atoms with van der Waals surface area (Å²) in [6, 6.07) is 11.7. The molecule has 2 aromatic carbocycles. The lowest BCUT2D eigenvalue weighted by Crippen LogP contribution is -2.29. The molecule has 3 aromatic rings. The molecule has 0 aliphatic carbocycles. The number of hydrogen-bond acceptors (Lipinski definition) is 6. The summed E-state index contributed by atoms with van der Waals surface area (Å²) in [5.41, 5.74) is 4.59. The van der Waals surface area contributed by atoms with Crippen LogP contribution in [0.15, 0.2) is 48.8 Å². The van der Waals surface area contributed by atoms with E-state index in [1.54, 1.807) is 13.3 Å². The fourth-order valence-corrected chi connectivity index (χ4v) is 5.32. The summed E-state index contributed by atoms with van der Waals surface area (Å²) in [6.07, 6.45) is 5.59. The number of ether oxygens (including phenoxy) is 2. The minimum Gasteiger partial charge on any atom is -0.493 e. The highest BCUT2D eigenvalue weighted by molar-refractivity contribution is 7.90. The monoisotopic (exact) mass is 455 g/mol. The number of methoxy groups -OCH3 is 1. The molecule has 0 saturated carbocycles. The van der Waals surface area contributed by atoms with Crippen molar-refractivity contribution in [1.29, 1.82) is 0 Å². The van der Waals surface area contributed by atoms with Gasteiger partial charge in [0.05, 0.1) is 19.5 Å². The highest BCUT2D eigenvalue weighted by atomic mass is 32.2. The van der Waals surface area contributed by atoms with Crippen LogP contribution in [0.25, 0.3) is 0 Å². The molecule has 1 aliphatic rings. The van der Waals surface area contributed by atoms with Crippen molar-refractivity contribution < 1.29 is 17.9 Å². The van der Waals surface area contributed by atoms with Crippen molar-refractivity contribution in [2.24, 2.45) is 0 Å². The molecule has 1 aliphatic heterocycles. The number of fused-ring (bicyclic) bond motifs is 1. The predicted molar refractivity (Wildman–Crippen MR) is 124 cm³/mol. The van der Waals surface area contributed by atoms with Gasteiger partial charge in [-0.05, 0) is 41.3 Å². The summed E-state index contributed by atoms with van der Waals surface area (Å²) in [6.45, 7) is 3.79. The van der Waals surface area contributed by atoms with Crippen LogP contribution in [0.3, 0.4) is 0 Å². The summed E-state index contributed by atoms with van der Waals surface area (Å²) in [4.78, 5) is 9.75. The molecule has 1 atom stereocenters. The summed E-state index contributed by atoms with van der Waals surface area (Å²) < 4.78 is 35.9. The fraction of sp³-hybridized carbons (Fsp3) is 0.375. The van der Waals surface area contributed by atoms with E-state index in [0.717, 1.165) is 17.8 Å². The molecule has 170 valence electrons. The Balaban J connectivity index is 1.66. The maximum Gasteiger partial charge on any atom is 0.161 e. The fourth-order valence-electron chi connectivity index (χ4n) is 4.35. The first-order valence-electron chi connectivity index (χ1n) is 10.7. The Bertz CT molecular complexity index is 1180. The van der Waals surface area contributed by atoms with Crippen molar-refractivity contribution in [3.8, 4) is 11.5 Å². The van der Waals surface area contributed by atoms with Crippen molar-refractivity contribution in [3.05, 3.63) is 76.9 Å². The van der Waals surface area contributed by atoms with Crippen LogP contribution in [0.2, 0.25) is 0 Å². The second kappa shape index (κ2) is 9.34. The van der Waals surface area contributed by atoms with Gasteiger partial charge in [-0.15, -0.1) is 0 Å². The summed E-state index contributed by atoms with van der Waals surface area (Å²) in [7, 11) is -1.62. The second-order valence-electron chi connectivity index (χ2n) is 8.12. The SMILES string of the molecule is CCOc1cc(C(CS(C)(=O)=O)N2Cc3cccc(Cc4ncc[nH]4)c3C2)ccc1OC. The summed E-state index contributed by atoms with van der Waals surface area (Å²) in [5, 5.41) is 0. The number of rotatable bonds is 9. The Labute approximate surface area is 189 Å². The van der Waals surface area contributed by atoms with Crippen LogP contribution in [0.1, 0.15) is 41.0 Å². The van der Waals surface area contributed by atoms with Gasteiger partial charge in [0.15, 0.2) is 11.5 Å². The first-order chi connectivity index (χ1) is 15.4. The third-order valence-electron chi connectivity index (χ3n) is 5.79. The number of nitrogens with zero attached hydrogens (tertiary/aromatic N) is 2. The number of benzene rings is 2.